The van der Waals surface area contributed by atoms with Crippen molar-refractivity contribution in [3.63, 3.8) is 0 Å². The molecule has 2 aromatic heterocycles. The summed E-state index contributed by atoms with van der Waals surface area (Å²) in [5.74, 6) is -0.889. The smallest absolute Gasteiger partial charge is 0.338 e. The molecule has 2 heterocycles. The Labute approximate surface area is 156 Å². The molecule has 1 amide bonds. The van der Waals surface area contributed by atoms with E-state index >= 15 is 0 Å². The van der Waals surface area contributed by atoms with Gasteiger partial charge in [0.1, 0.15) is 0 Å². The second-order valence-electron chi connectivity index (χ2n) is 6.26. The number of nitrogens with zero attached hydrogens (tertiary/aromatic N) is 3. The number of aromatic nitrogens is 3. The number of nitrogens with one attached hydrogen (secondary N) is 1. The minimum atomic E-state index is -0.987. The third-order valence-corrected chi connectivity index (χ3v) is 3.88. The lowest BCUT2D eigenvalue weighted by Gasteiger charge is -2.12. The number of rotatable bonds is 5. The lowest BCUT2D eigenvalue weighted by molar-refractivity contribution is -0.123. The van der Waals surface area contributed by atoms with Crippen molar-refractivity contribution in [1.82, 2.24) is 14.9 Å². The topological polar surface area (TPSA) is 99.2 Å². The van der Waals surface area contributed by atoms with E-state index in [1.54, 1.807) is 41.9 Å². The second-order valence-corrected chi connectivity index (χ2v) is 6.26. The van der Waals surface area contributed by atoms with Gasteiger partial charge in [-0.1, -0.05) is 5.16 Å². The number of hydrogen-bond donors (Lipinski definition) is 1. The average molecular weight is 368 g/mol. The molecule has 0 radical (unpaired) electrons. The van der Waals surface area contributed by atoms with E-state index in [-0.39, 0.29) is 5.88 Å². The van der Waals surface area contributed by atoms with Crippen LogP contribution in [0.25, 0.3) is 5.69 Å². The molecule has 0 spiro atoms. The van der Waals surface area contributed by atoms with Gasteiger partial charge in [-0.15, -0.1) is 0 Å². The third-order valence-electron chi connectivity index (χ3n) is 3.88. The Morgan fingerprint density at radius 1 is 1.11 bits per heavy atom. The van der Waals surface area contributed by atoms with Crippen LogP contribution in [-0.4, -0.2) is 32.9 Å². The van der Waals surface area contributed by atoms with Gasteiger partial charge in [-0.2, -0.15) is 5.10 Å². The maximum atomic E-state index is 12.3. The van der Waals surface area contributed by atoms with E-state index in [2.05, 4.69) is 15.6 Å². The zero-order valence-electron chi connectivity index (χ0n) is 15.5. The Bertz CT molecular complexity index is 972. The van der Waals surface area contributed by atoms with Gasteiger partial charge in [-0.3, -0.25) is 10.1 Å². The fourth-order valence-electron chi connectivity index (χ4n) is 2.56. The van der Waals surface area contributed by atoms with E-state index in [1.165, 1.54) is 6.92 Å². The van der Waals surface area contributed by atoms with Crippen LogP contribution in [0.3, 0.4) is 0 Å². The van der Waals surface area contributed by atoms with Crippen molar-refractivity contribution in [2.75, 3.05) is 5.32 Å². The molecule has 0 aliphatic heterocycles. The van der Waals surface area contributed by atoms with Gasteiger partial charge in [0, 0.05) is 11.8 Å². The number of hydrogen-bond acceptors (Lipinski definition) is 6. The normalized spacial score (nSPS) is 11.9. The first kappa shape index (κ1) is 18.4. The van der Waals surface area contributed by atoms with Gasteiger partial charge in [0.2, 0.25) is 5.88 Å². The fourth-order valence-corrected chi connectivity index (χ4v) is 2.56. The first-order valence-corrected chi connectivity index (χ1v) is 8.42. The van der Waals surface area contributed by atoms with E-state index < -0.39 is 18.0 Å². The van der Waals surface area contributed by atoms with Gasteiger partial charge in [-0.05, 0) is 58.0 Å². The molecule has 8 heteroatoms. The first-order valence-electron chi connectivity index (χ1n) is 8.42. The lowest BCUT2D eigenvalue weighted by Crippen LogP contribution is -2.29. The molecule has 3 rings (SSSR count). The number of amides is 1. The maximum absolute atomic E-state index is 12.3. The molecule has 140 valence electrons. The maximum Gasteiger partial charge on any atom is 0.338 e. The van der Waals surface area contributed by atoms with E-state index in [1.807, 2.05) is 19.9 Å². The SMILES string of the molecule is Cc1cc(NC(=O)C(C)OC(=O)c2ccc(-n3nc(C)cc3C)cc2)on1. The van der Waals surface area contributed by atoms with Crippen molar-refractivity contribution in [3.8, 4) is 5.69 Å². The highest BCUT2D eigenvalue weighted by molar-refractivity contribution is 5.96. The fraction of sp³-hybridized carbons (Fsp3) is 0.263. The summed E-state index contributed by atoms with van der Waals surface area (Å²) in [4.78, 5) is 24.4. The quantitative estimate of drug-likeness (QED) is 0.695. The predicted octanol–water partition coefficient (Wildman–Crippen LogP) is 2.97. The summed E-state index contributed by atoms with van der Waals surface area (Å²) >= 11 is 0. The number of aryl methyl sites for hydroxylation is 3. The summed E-state index contributed by atoms with van der Waals surface area (Å²) in [6.45, 7) is 7.10. The van der Waals surface area contributed by atoms with Crippen molar-refractivity contribution in [2.45, 2.75) is 33.8 Å². The molecule has 0 aliphatic rings. The zero-order chi connectivity index (χ0) is 19.6. The van der Waals surface area contributed by atoms with Gasteiger partial charge < -0.3 is 9.26 Å². The zero-order valence-corrected chi connectivity index (χ0v) is 15.5. The molecule has 1 unspecified atom stereocenters. The van der Waals surface area contributed by atoms with E-state index in [0.29, 0.717) is 11.3 Å². The van der Waals surface area contributed by atoms with Gasteiger partial charge in [-0.25, -0.2) is 9.48 Å². The summed E-state index contributed by atoms with van der Waals surface area (Å²) in [5.41, 5.74) is 3.73. The molecule has 1 aromatic carbocycles. The molecule has 8 nitrogen and oxygen atoms in total. The molecule has 0 saturated heterocycles. The molecule has 1 N–H and O–H groups in total. The molecular weight excluding hydrogens is 348 g/mol. The van der Waals surface area contributed by atoms with Gasteiger partial charge in [0.25, 0.3) is 5.91 Å². The van der Waals surface area contributed by atoms with Crippen molar-refractivity contribution >= 4 is 17.8 Å². The van der Waals surface area contributed by atoms with Crippen molar-refractivity contribution < 1.29 is 18.8 Å². The minimum absolute atomic E-state index is 0.203. The highest BCUT2D eigenvalue weighted by Crippen LogP contribution is 2.15. The Balaban J connectivity index is 1.63. The molecular formula is C19H20N4O4. The number of anilines is 1. The number of esters is 1. The Kier molecular flexibility index (Phi) is 5.07. The number of ether oxygens (including phenoxy) is 1. The summed E-state index contributed by atoms with van der Waals surface area (Å²) in [6, 6.07) is 10.4. The minimum Gasteiger partial charge on any atom is -0.449 e. The Hall–Kier alpha value is -3.42. The lowest BCUT2D eigenvalue weighted by atomic mass is 10.2. The van der Waals surface area contributed by atoms with Gasteiger partial charge >= 0.3 is 5.97 Å². The van der Waals surface area contributed by atoms with Crippen molar-refractivity contribution in [1.29, 1.82) is 0 Å². The molecule has 0 aliphatic carbocycles. The second kappa shape index (κ2) is 7.45. The summed E-state index contributed by atoms with van der Waals surface area (Å²) in [6.07, 6.45) is -0.987. The summed E-state index contributed by atoms with van der Waals surface area (Å²) < 4.78 is 11.9. The van der Waals surface area contributed by atoms with Crippen LogP contribution in [0.5, 0.6) is 0 Å². The average Bonchev–Trinajstić information content (AvgIpc) is 3.19. The molecule has 3 aromatic rings. The van der Waals surface area contributed by atoms with Crippen LogP contribution in [0.4, 0.5) is 5.88 Å². The van der Waals surface area contributed by atoms with E-state index in [9.17, 15) is 9.59 Å². The van der Waals surface area contributed by atoms with Crippen LogP contribution < -0.4 is 5.32 Å². The number of carbonyl (C=O) groups is 2. The molecule has 0 saturated carbocycles. The highest BCUT2D eigenvalue weighted by atomic mass is 16.5. The Morgan fingerprint density at radius 3 is 2.37 bits per heavy atom. The largest absolute Gasteiger partial charge is 0.449 e. The molecule has 0 bridgehead atoms. The van der Waals surface area contributed by atoms with Crippen LogP contribution in [0.15, 0.2) is 40.9 Å². The first-order chi connectivity index (χ1) is 12.8. The van der Waals surface area contributed by atoms with Gasteiger partial charge in [0.15, 0.2) is 6.10 Å². The monoisotopic (exact) mass is 368 g/mol. The third kappa shape index (κ3) is 4.22. The van der Waals surface area contributed by atoms with E-state index in [4.69, 9.17) is 9.26 Å². The van der Waals surface area contributed by atoms with Crippen molar-refractivity contribution in [3.05, 3.63) is 59.0 Å². The van der Waals surface area contributed by atoms with Crippen LogP contribution in [0.1, 0.15) is 34.4 Å². The van der Waals surface area contributed by atoms with E-state index in [0.717, 1.165) is 17.1 Å². The standard InChI is InChI=1S/C19H20N4O4/c1-11-9-13(3)23(21-11)16-7-5-15(6-8-16)19(25)26-14(4)18(24)20-17-10-12(2)22-27-17/h5-10,14H,1-4H3,(H,20,24). The number of carbonyl (C=O) groups excluding carboxylic acids is 2. The summed E-state index contributed by atoms with van der Waals surface area (Å²) in [7, 11) is 0. The van der Waals surface area contributed by atoms with Crippen molar-refractivity contribution in [2.24, 2.45) is 0 Å². The van der Waals surface area contributed by atoms with Gasteiger partial charge in [0.05, 0.1) is 22.6 Å². The Morgan fingerprint density at radius 2 is 1.81 bits per heavy atom. The van der Waals surface area contributed by atoms with Crippen LogP contribution in [0, 0.1) is 20.8 Å². The van der Waals surface area contributed by atoms with Crippen LogP contribution in [-0.2, 0) is 9.53 Å². The number of benzene rings is 1. The van der Waals surface area contributed by atoms with Crippen LogP contribution >= 0.6 is 0 Å². The molecule has 0 fully saturated rings. The van der Waals surface area contributed by atoms with Crippen LogP contribution in [0.2, 0.25) is 0 Å². The predicted molar refractivity (Wildman–Crippen MR) is 97.8 cm³/mol. The molecule has 1 atom stereocenters. The highest BCUT2D eigenvalue weighted by Gasteiger charge is 2.20. The molecule has 27 heavy (non-hydrogen) atoms. The summed E-state index contributed by atoms with van der Waals surface area (Å²) in [5, 5.41) is 10.6.